The Bertz CT molecular complexity index is 560. The molecule has 0 atom stereocenters. The number of nitrogens with two attached hydrogens (primary N) is 1. The first-order valence-electron chi connectivity index (χ1n) is 6.17. The van der Waals surface area contributed by atoms with Gasteiger partial charge in [-0.05, 0) is 37.0 Å². The van der Waals surface area contributed by atoms with Crippen LogP contribution in [-0.4, -0.2) is 15.2 Å². The van der Waals surface area contributed by atoms with Gasteiger partial charge in [0, 0.05) is 12.3 Å². The number of halogens is 1. The number of aromatic nitrogens is 3. The zero-order valence-electron chi connectivity index (χ0n) is 9.99. The van der Waals surface area contributed by atoms with Crippen LogP contribution >= 0.6 is 11.6 Å². The Morgan fingerprint density at radius 3 is 2.89 bits per heavy atom. The number of nitrogens with zero attached hydrogens (tertiary/aromatic N) is 2. The summed E-state index contributed by atoms with van der Waals surface area (Å²) in [5.74, 6) is 2.52. The van der Waals surface area contributed by atoms with Crippen LogP contribution in [0.2, 0.25) is 5.02 Å². The molecule has 1 aromatic heterocycles. The monoisotopic (exact) mass is 262 g/mol. The molecular formula is C13H15ClN4. The van der Waals surface area contributed by atoms with Gasteiger partial charge in [-0.1, -0.05) is 17.7 Å². The van der Waals surface area contributed by atoms with Gasteiger partial charge in [0.25, 0.3) is 0 Å². The Kier molecular flexibility index (Phi) is 2.96. The second-order valence-electron chi connectivity index (χ2n) is 4.77. The van der Waals surface area contributed by atoms with Gasteiger partial charge in [-0.25, -0.2) is 4.98 Å². The van der Waals surface area contributed by atoms with Gasteiger partial charge in [0.1, 0.15) is 5.82 Å². The Hall–Kier alpha value is -1.55. The summed E-state index contributed by atoms with van der Waals surface area (Å²) in [5, 5.41) is 7.85. The molecule has 3 rings (SSSR count). The number of rotatable bonds is 4. The third-order valence-electron chi connectivity index (χ3n) is 3.20. The molecule has 0 spiro atoms. The van der Waals surface area contributed by atoms with Gasteiger partial charge in [0.05, 0.1) is 10.7 Å². The number of anilines is 1. The van der Waals surface area contributed by atoms with Crippen molar-refractivity contribution in [2.24, 2.45) is 0 Å². The first-order valence-corrected chi connectivity index (χ1v) is 6.55. The molecule has 1 saturated carbocycles. The quantitative estimate of drug-likeness (QED) is 0.833. The highest BCUT2D eigenvalue weighted by atomic mass is 35.5. The minimum atomic E-state index is 0.598. The Balaban J connectivity index is 1.63. The SMILES string of the molecule is Nc1cc(CCc2nc(C3CC3)n[nH]2)ccc1Cl. The molecule has 4 nitrogen and oxygen atoms in total. The molecule has 1 aliphatic carbocycles. The van der Waals surface area contributed by atoms with E-state index in [9.17, 15) is 0 Å². The highest BCUT2D eigenvalue weighted by Crippen LogP contribution is 2.37. The van der Waals surface area contributed by atoms with Crippen LogP contribution in [0.3, 0.4) is 0 Å². The summed E-state index contributed by atoms with van der Waals surface area (Å²) in [6.45, 7) is 0. The lowest BCUT2D eigenvalue weighted by Gasteiger charge is -2.02. The molecule has 1 aliphatic rings. The molecular weight excluding hydrogens is 248 g/mol. The van der Waals surface area contributed by atoms with E-state index in [2.05, 4.69) is 15.2 Å². The third-order valence-corrected chi connectivity index (χ3v) is 3.55. The maximum absolute atomic E-state index is 5.89. The minimum absolute atomic E-state index is 0.598. The molecule has 94 valence electrons. The smallest absolute Gasteiger partial charge is 0.153 e. The van der Waals surface area contributed by atoms with Crippen LogP contribution in [0.15, 0.2) is 18.2 Å². The van der Waals surface area contributed by atoms with Gasteiger partial charge in [0.15, 0.2) is 5.82 Å². The van der Waals surface area contributed by atoms with Crippen molar-refractivity contribution in [3.63, 3.8) is 0 Å². The molecule has 0 aliphatic heterocycles. The number of nitrogen functional groups attached to an aromatic ring is 1. The molecule has 0 saturated heterocycles. The second kappa shape index (κ2) is 4.61. The van der Waals surface area contributed by atoms with Gasteiger partial charge < -0.3 is 5.73 Å². The number of hydrogen-bond acceptors (Lipinski definition) is 3. The molecule has 1 fully saturated rings. The molecule has 1 heterocycles. The van der Waals surface area contributed by atoms with Crippen molar-refractivity contribution in [3.8, 4) is 0 Å². The van der Waals surface area contributed by atoms with E-state index in [0.29, 0.717) is 16.6 Å². The molecule has 5 heteroatoms. The van der Waals surface area contributed by atoms with Crippen molar-refractivity contribution >= 4 is 17.3 Å². The van der Waals surface area contributed by atoms with Crippen molar-refractivity contribution < 1.29 is 0 Å². The van der Waals surface area contributed by atoms with Gasteiger partial charge >= 0.3 is 0 Å². The maximum atomic E-state index is 5.89. The Labute approximate surface area is 111 Å². The van der Waals surface area contributed by atoms with Crippen molar-refractivity contribution in [3.05, 3.63) is 40.4 Å². The topological polar surface area (TPSA) is 67.6 Å². The van der Waals surface area contributed by atoms with Gasteiger partial charge in [0.2, 0.25) is 0 Å². The average molecular weight is 263 g/mol. The number of aryl methyl sites for hydroxylation is 2. The van der Waals surface area contributed by atoms with Crippen LogP contribution in [0.25, 0.3) is 0 Å². The van der Waals surface area contributed by atoms with E-state index in [0.717, 1.165) is 24.5 Å². The molecule has 0 unspecified atom stereocenters. The summed E-state index contributed by atoms with van der Waals surface area (Å²) >= 11 is 5.89. The first kappa shape index (κ1) is 11.5. The molecule has 0 bridgehead atoms. The highest BCUT2D eigenvalue weighted by Gasteiger charge is 2.27. The molecule has 3 N–H and O–H groups in total. The Morgan fingerprint density at radius 2 is 2.17 bits per heavy atom. The fourth-order valence-electron chi connectivity index (χ4n) is 1.96. The van der Waals surface area contributed by atoms with Crippen LogP contribution in [0, 0.1) is 0 Å². The van der Waals surface area contributed by atoms with Crippen molar-refractivity contribution in [1.82, 2.24) is 15.2 Å². The molecule has 2 aromatic rings. The fraction of sp³-hybridized carbons (Fsp3) is 0.385. The third kappa shape index (κ3) is 2.48. The Morgan fingerprint density at radius 1 is 1.33 bits per heavy atom. The molecule has 0 amide bonds. The molecule has 18 heavy (non-hydrogen) atoms. The predicted octanol–water partition coefficient (Wildman–Crippen LogP) is 2.70. The average Bonchev–Trinajstić information content (AvgIpc) is 3.11. The van der Waals surface area contributed by atoms with Crippen molar-refractivity contribution in [2.45, 2.75) is 31.6 Å². The lowest BCUT2D eigenvalue weighted by atomic mass is 10.1. The second-order valence-corrected chi connectivity index (χ2v) is 5.18. The van der Waals surface area contributed by atoms with Crippen LogP contribution in [0.5, 0.6) is 0 Å². The number of hydrogen-bond donors (Lipinski definition) is 2. The van der Waals surface area contributed by atoms with E-state index in [1.165, 1.54) is 18.4 Å². The van der Waals surface area contributed by atoms with E-state index in [1.54, 1.807) is 0 Å². The summed E-state index contributed by atoms with van der Waals surface area (Å²) in [4.78, 5) is 4.50. The number of aromatic amines is 1. The van der Waals surface area contributed by atoms with Crippen molar-refractivity contribution in [1.29, 1.82) is 0 Å². The maximum Gasteiger partial charge on any atom is 0.153 e. The van der Waals surface area contributed by atoms with Gasteiger partial charge in [-0.2, -0.15) is 5.10 Å². The van der Waals surface area contributed by atoms with E-state index in [1.807, 2.05) is 18.2 Å². The van der Waals surface area contributed by atoms with Gasteiger partial charge in [-0.3, -0.25) is 5.10 Å². The summed E-state index contributed by atoms with van der Waals surface area (Å²) in [5.41, 5.74) is 7.57. The van der Waals surface area contributed by atoms with Gasteiger partial charge in [-0.15, -0.1) is 0 Å². The predicted molar refractivity (Wildman–Crippen MR) is 71.6 cm³/mol. The largest absolute Gasteiger partial charge is 0.398 e. The summed E-state index contributed by atoms with van der Waals surface area (Å²) < 4.78 is 0. The summed E-state index contributed by atoms with van der Waals surface area (Å²) in [6, 6.07) is 5.75. The van der Waals surface area contributed by atoms with E-state index < -0.39 is 0 Å². The normalized spacial score (nSPS) is 14.9. The molecule has 0 radical (unpaired) electrons. The fourth-order valence-corrected chi connectivity index (χ4v) is 2.07. The van der Waals surface area contributed by atoms with E-state index in [-0.39, 0.29) is 0 Å². The van der Waals surface area contributed by atoms with Crippen LogP contribution in [0.4, 0.5) is 5.69 Å². The highest BCUT2D eigenvalue weighted by molar-refractivity contribution is 6.33. The summed E-state index contributed by atoms with van der Waals surface area (Å²) in [6.07, 6.45) is 4.19. The number of H-pyrrole nitrogens is 1. The summed E-state index contributed by atoms with van der Waals surface area (Å²) in [7, 11) is 0. The zero-order chi connectivity index (χ0) is 12.5. The zero-order valence-corrected chi connectivity index (χ0v) is 10.7. The minimum Gasteiger partial charge on any atom is -0.398 e. The number of benzene rings is 1. The first-order chi connectivity index (χ1) is 8.72. The van der Waals surface area contributed by atoms with Crippen LogP contribution in [-0.2, 0) is 12.8 Å². The van der Waals surface area contributed by atoms with Crippen LogP contribution < -0.4 is 5.73 Å². The van der Waals surface area contributed by atoms with E-state index >= 15 is 0 Å². The standard InChI is InChI=1S/C13H15ClN4/c14-10-5-1-8(7-11(10)15)2-6-12-16-13(18-17-12)9-3-4-9/h1,5,7,9H,2-4,6,15H2,(H,16,17,18). The number of nitrogens with one attached hydrogen (secondary N) is 1. The molecule has 1 aromatic carbocycles. The van der Waals surface area contributed by atoms with Crippen LogP contribution in [0.1, 0.15) is 36.0 Å². The van der Waals surface area contributed by atoms with E-state index in [4.69, 9.17) is 17.3 Å². The lowest BCUT2D eigenvalue weighted by Crippen LogP contribution is -1.95. The lowest BCUT2D eigenvalue weighted by molar-refractivity contribution is 0.865. The van der Waals surface area contributed by atoms with Crippen molar-refractivity contribution in [2.75, 3.05) is 5.73 Å².